The van der Waals surface area contributed by atoms with E-state index < -0.39 is 18.2 Å². The lowest BCUT2D eigenvalue weighted by Gasteiger charge is -2.41. The molecule has 0 bridgehead atoms. The first-order valence-electron chi connectivity index (χ1n) is 10.7. The average molecular weight is 437 g/mol. The molecule has 168 valence electrons. The number of aliphatic hydroxyl groups is 1. The molecule has 0 aliphatic carbocycles. The first-order valence-corrected chi connectivity index (χ1v) is 10.7. The van der Waals surface area contributed by atoms with Crippen LogP contribution in [0.4, 0.5) is 4.79 Å². The molecule has 1 amide bonds. The van der Waals surface area contributed by atoms with Crippen molar-refractivity contribution in [2.24, 2.45) is 7.05 Å². The van der Waals surface area contributed by atoms with Crippen LogP contribution in [0, 0.1) is 6.92 Å². The summed E-state index contributed by atoms with van der Waals surface area (Å²) in [6.07, 6.45) is 2.25. The van der Waals surface area contributed by atoms with Crippen molar-refractivity contribution in [1.82, 2.24) is 19.4 Å². The van der Waals surface area contributed by atoms with E-state index in [2.05, 4.69) is 4.98 Å². The lowest BCUT2D eigenvalue weighted by molar-refractivity contribution is -0.0140. The number of para-hydroxylation sites is 1. The molecule has 8 heteroatoms. The van der Waals surface area contributed by atoms with Crippen LogP contribution in [0.25, 0.3) is 10.9 Å². The van der Waals surface area contributed by atoms with Gasteiger partial charge in [-0.25, -0.2) is 4.79 Å². The lowest BCUT2D eigenvalue weighted by atomic mass is 9.99. The highest BCUT2D eigenvalue weighted by atomic mass is 16.4. The number of hydrogen-bond donors (Lipinski definition) is 2. The molecule has 32 heavy (non-hydrogen) atoms. The average Bonchev–Trinajstić information content (AvgIpc) is 2.77. The highest BCUT2D eigenvalue weighted by Gasteiger charge is 2.34. The van der Waals surface area contributed by atoms with Crippen molar-refractivity contribution in [3.05, 3.63) is 75.8 Å². The Morgan fingerprint density at radius 2 is 2.03 bits per heavy atom. The summed E-state index contributed by atoms with van der Waals surface area (Å²) < 4.78 is 1.93. The fourth-order valence-corrected chi connectivity index (χ4v) is 4.52. The molecule has 1 aromatic carbocycles. The van der Waals surface area contributed by atoms with E-state index in [1.807, 2.05) is 66.0 Å². The molecule has 3 aromatic rings. The number of nitrogens with zero attached hydrogens (tertiary/aromatic N) is 4. The van der Waals surface area contributed by atoms with Gasteiger partial charge in [-0.15, -0.1) is 0 Å². The topological polar surface area (TPSA) is 98.9 Å². The Balaban J connectivity index is 1.72. The zero-order chi connectivity index (χ0) is 22.8. The van der Waals surface area contributed by atoms with Crippen LogP contribution in [0.3, 0.4) is 0 Å². The largest absolute Gasteiger partial charge is 0.465 e. The molecule has 4 rings (SSSR count). The molecule has 1 saturated heterocycles. The summed E-state index contributed by atoms with van der Waals surface area (Å²) in [5.74, 6) is 0. The Hall–Kier alpha value is -3.23. The third-order valence-corrected chi connectivity index (χ3v) is 6.18. The number of aryl methyl sites for hydroxylation is 2. The fourth-order valence-electron chi connectivity index (χ4n) is 4.52. The van der Waals surface area contributed by atoms with E-state index in [0.717, 1.165) is 16.8 Å². The van der Waals surface area contributed by atoms with Crippen molar-refractivity contribution >= 4 is 17.0 Å². The summed E-state index contributed by atoms with van der Waals surface area (Å²) in [4.78, 5) is 32.4. The Morgan fingerprint density at radius 1 is 1.25 bits per heavy atom. The summed E-state index contributed by atoms with van der Waals surface area (Å²) in [6.45, 7) is 3.17. The maximum Gasteiger partial charge on any atom is 0.407 e. The second-order valence-electron chi connectivity index (χ2n) is 8.47. The van der Waals surface area contributed by atoms with Crippen molar-refractivity contribution in [3.63, 3.8) is 0 Å². The molecule has 2 unspecified atom stereocenters. The standard InChI is InChI=1S/C24H28N4O4/c1-16-11-17(7-9-25-16)12-28(21-15-27(24(31)32)10-8-22(21)29)14-18-13-26(2)20-6-4-3-5-19(20)23(18)30/h3-7,9,11,13,21-22,29H,8,10,12,14-15H2,1-2H3,(H,31,32). The van der Waals surface area contributed by atoms with Gasteiger partial charge in [0, 0.05) is 62.3 Å². The highest BCUT2D eigenvalue weighted by Crippen LogP contribution is 2.22. The van der Waals surface area contributed by atoms with Crippen LogP contribution in [0.2, 0.25) is 0 Å². The molecule has 3 heterocycles. The molecule has 2 aromatic heterocycles. The highest BCUT2D eigenvalue weighted by molar-refractivity contribution is 5.79. The Bertz CT molecular complexity index is 1190. The quantitative estimate of drug-likeness (QED) is 0.637. The first kappa shape index (κ1) is 22.0. The number of carbonyl (C=O) groups is 1. The number of hydrogen-bond acceptors (Lipinski definition) is 5. The minimum atomic E-state index is -0.997. The summed E-state index contributed by atoms with van der Waals surface area (Å²) in [6, 6.07) is 10.9. The van der Waals surface area contributed by atoms with Crippen molar-refractivity contribution < 1.29 is 15.0 Å². The van der Waals surface area contributed by atoms with Gasteiger partial charge in [0.05, 0.1) is 17.7 Å². The van der Waals surface area contributed by atoms with E-state index >= 15 is 0 Å². The number of fused-ring (bicyclic) bond motifs is 1. The van der Waals surface area contributed by atoms with Crippen LogP contribution in [0.5, 0.6) is 0 Å². The molecule has 2 N–H and O–H groups in total. The van der Waals surface area contributed by atoms with Gasteiger partial charge in [-0.1, -0.05) is 12.1 Å². The van der Waals surface area contributed by atoms with Gasteiger partial charge in [-0.05, 0) is 43.2 Å². The van der Waals surface area contributed by atoms with E-state index in [0.29, 0.717) is 37.0 Å². The lowest BCUT2D eigenvalue weighted by Crippen LogP contribution is -2.56. The first-order chi connectivity index (χ1) is 15.3. The van der Waals surface area contributed by atoms with Crippen LogP contribution < -0.4 is 5.43 Å². The predicted molar refractivity (Wildman–Crippen MR) is 121 cm³/mol. The van der Waals surface area contributed by atoms with Gasteiger partial charge >= 0.3 is 6.09 Å². The van der Waals surface area contributed by atoms with E-state index in [9.17, 15) is 19.8 Å². The zero-order valence-corrected chi connectivity index (χ0v) is 18.3. The van der Waals surface area contributed by atoms with Crippen LogP contribution in [-0.4, -0.2) is 60.9 Å². The zero-order valence-electron chi connectivity index (χ0n) is 18.3. The van der Waals surface area contributed by atoms with Crippen molar-refractivity contribution in [1.29, 1.82) is 0 Å². The Labute approximate surface area is 186 Å². The molecular formula is C24H28N4O4. The van der Waals surface area contributed by atoms with Gasteiger partial charge in [0.1, 0.15) is 0 Å². The monoisotopic (exact) mass is 436 g/mol. The smallest absolute Gasteiger partial charge is 0.407 e. The molecule has 0 radical (unpaired) electrons. The number of rotatable bonds is 5. The van der Waals surface area contributed by atoms with E-state index in [-0.39, 0.29) is 12.0 Å². The van der Waals surface area contributed by atoms with Gasteiger partial charge in [-0.2, -0.15) is 0 Å². The van der Waals surface area contributed by atoms with Crippen molar-refractivity contribution in [3.8, 4) is 0 Å². The summed E-state index contributed by atoms with van der Waals surface area (Å²) >= 11 is 0. The molecule has 0 spiro atoms. The van der Waals surface area contributed by atoms with Gasteiger partial charge < -0.3 is 19.7 Å². The molecular weight excluding hydrogens is 408 g/mol. The van der Waals surface area contributed by atoms with E-state index in [1.54, 1.807) is 6.20 Å². The Kier molecular flexibility index (Phi) is 6.25. The van der Waals surface area contributed by atoms with Gasteiger partial charge in [-0.3, -0.25) is 14.7 Å². The number of aromatic nitrogens is 2. The van der Waals surface area contributed by atoms with Gasteiger partial charge in [0.15, 0.2) is 5.43 Å². The molecule has 0 saturated carbocycles. The maximum atomic E-state index is 13.2. The maximum absolute atomic E-state index is 13.2. The minimum Gasteiger partial charge on any atom is -0.465 e. The molecule has 1 aliphatic heterocycles. The molecule has 2 atom stereocenters. The van der Waals surface area contributed by atoms with E-state index in [4.69, 9.17) is 0 Å². The summed E-state index contributed by atoms with van der Waals surface area (Å²) in [7, 11) is 1.91. The minimum absolute atomic E-state index is 0.0463. The number of benzene rings is 1. The molecule has 1 aliphatic rings. The van der Waals surface area contributed by atoms with Crippen molar-refractivity contribution in [2.45, 2.75) is 38.6 Å². The number of piperidine rings is 1. The van der Waals surface area contributed by atoms with Crippen LogP contribution in [-0.2, 0) is 20.1 Å². The number of likely N-dealkylation sites (tertiary alicyclic amines) is 1. The second kappa shape index (κ2) is 9.10. The van der Waals surface area contributed by atoms with Gasteiger partial charge in [0.2, 0.25) is 0 Å². The third kappa shape index (κ3) is 4.51. The Morgan fingerprint density at radius 3 is 2.78 bits per heavy atom. The predicted octanol–water partition coefficient (Wildman–Crippen LogP) is 2.36. The summed E-state index contributed by atoms with van der Waals surface area (Å²) in [5, 5.41) is 20.9. The van der Waals surface area contributed by atoms with Crippen molar-refractivity contribution in [2.75, 3.05) is 13.1 Å². The third-order valence-electron chi connectivity index (χ3n) is 6.18. The fraction of sp³-hybridized carbons (Fsp3) is 0.375. The molecule has 8 nitrogen and oxygen atoms in total. The number of amides is 1. The molecule has 1 fully saturated rings. The normalized spacial score (nSPS) is 18.9. The summed E-state index contributed by atoms with van der Waals surface area (Å²) in [5.41, 5.74) is 3.29. The second-order valence-corrected chi connectivity index (χ2v) is 8.47. The number of pyridine rings is 2. The number of aliphatic hydroxyl groups excluding tert-OH is 1. The van der Waals surface area contributed by atoms with Crippen LogP contribution in [0.1, 0.15) is 23.2 Å². The van der Waals surface area contributed by atoms with Crippen LogP contribution in [0.15, 0.2) is 53.6 Å². The number of carboxylic acid groups (broad SMARTS) is 1. The SMILES string of the molecule is Cc1cc(CN(Cc2cn(C)c3ccccc3c2=O)C2CN(C(=O)O)CCC2O)ccn1. The van der Waals surface area contributed by atoms with E-state index in [1.165, 1.54) is 4.90 Å². The van der Waals surface area contributed by atoms with Gasteiger partial charge in [0.25, 0.3) is 0 Å². The van der Waals surface area contributed by atoms with Crippen LogP contribution >= 0.6 is 0 Å².